The maximum absolute atomic E-state index is 10.6. The van der Waals surface area contributed by atoms with E-state index in [9.17, 15) is 4.79 Å². The summed E-state index contributed by atoms with van der Waals surface area (Å²) < 4.78 is 1.55. The molecule has 0 aliphatic rings. The van der Waals surface area contributed by atoms with Gasteiger partial charge in [-0.3, -0.25) is 0 Å². The number of aromatic nitrogens is 4. The van der Waals surface area contributed by atoms with Crippen LogP contribution in [0.1, 0.15) is 10.5 Å². The number of aryl methyl sites for hydroxylation is 1. The molecule has 7 heteroatoms. The zero-order valence-corrected chi connectivity index (χ0v) is 8.02. The van der Waals surface area contributed by atoms with Gasteiger partial charge in [0, 0.05) is 12.4 Å². The predicted molar refractivity (Wildman–Crippen MR) is 49.1 cm³/mol. The molecule has 2 heterocycles. The van der Waals surface area contributed by atoms with Gasteiger partial charge in [0.1, 0.15) is 10.7 Å². The minimum absolute atomic E-state index is 0.0474. The number of hydrogen-bond acceptors (Lipinski definition) is 5. The topological polar surface area (TPSA) is 80.9 Å². The molecule has 0 aliphatic carbocycles. The summed E-state index contributed by atoms with van der Waals surface area (Å²) in [6, 6.07) is 0. The van der Waals surface area contributed by atoms with Crippen LogP contribution in [0.3, 0.4) is 0 Å². The summed E-state index contributed by atoms with van der Waals surface area (Å²) in [6.45, 7) is 0. The molecular weight excluding hydrogens is 204 g/mol. The zero-order chi connectivity index (χ0) is 10.1. The van der Waals surface area contributed by atoms with Crippen molar-refractivity contribution >= 4 is 17.3 Å². The Labute approximate surface area is 82.8 Å². The largest absolute Gasteiger partial charge is 0.476 e. The molecule has 0 spiro atoms. The van der Waals surface area contributed by atoms with Gasteiger partial charge in [-0.15, -0.1) is 16.4 Å². The van der Waals surface area contributed by atoms with Crippen molar-refractivity contribution in [2.45, 2.75) is 0 Å². The van der Waals surface area contributed by atoms with Crippen molar-refractivity contribution in [1.82, 2.24) is 20.0 Å². The Kier molecular flexibility index (Phi) is 2.01. The third-order valence-electron chi connectivity index (χ3n) is 1.66. The molecule has 0 saturated heterocycles. The lowest BCUT2D eigenvalue weighted by Crippen LogP contribution is -1.97. The van der Waals surface area contributed by atoms with E-state index in [1.807, 2.05) is 0 Å². The SMILES string of the molecule is Cn1nncc1-c1nc(C(=O)O)cs1. The molecule has 0 unspecified atom stereocenters. The Bertz CT molecular complexity index is 475. The molecule has 0 saturated carbocycles. The number of aromatic carboxylic acids is 1. The number of thiazole rings is 1. The van der Waals surface area contributed by atoms with Gasteiger partial charge in [-0.1, -0.05) is 5.21 Å². The maximum atomic E-state index is 10.6. The number of carbonyl (C=O) groups is 1. The van der Waals surface area contributed by atoms with Crippen LogP contribution in [0.25, 0.3) is 10.7 Å². The van der Waals surface area contributed by atoms with E-state index < -0.39 is 5.97 Å². The molecule has 0 bridgehead atoms. The van der Waals surface area contributed by atoms with E-state index in [-0.39, 0.29) is 5.69 Å². The van der Waals surface area contributed by atoms with E-state index in [2.05, 4.69) is 15.3 Å². The fourth-order valence-corrected chi connectivity index (χ4v) is 1.81. The Hall–Kier alpha value is -1.76. The molecule has 2 aromatic heterocycles. The van der Waals surface area contributed by atoms with Crippen LogP contribution in [0.2, 0.25) is 0 Å². The highest BCUT2D eigenvalue weighted by Gasteiger charge is 2.12. The average molecular weight is 210 g/mol. The van der Waals surface area contributed by atoms with Crippen LogP contribution in [0.5, 0.6) is 0 Å². The summed E-state index contributed by atoms with van der Waals surface area (Å²) in [4.78, 5) is 14.5. The summed E-state index contributed by atoms with van der Waals surface area (Å²) in [5.41, 5.74) is 0.758. The standard InChI is InChI=1S/C7H6N4O2S/c1-11-5(2-8-10-11)6-9-4(3-14-6)7(12)13/h2-3H,1H3,(H,12,13). The molecule has 1 N–H and O–H groups in total. The number of carboxylic acids is 1. The molecule has 0 atom stereocenters. The highest BCUT2D eigenvalue weighted by Crippen LogP contribution is 2.21. The Morgan fingerprint density at radius 1 is 1.64 bits per heavy atom. The monoisotopic (exact) mass is 210 g/mol. The number of carboxylic acid groups (broad SMARTS) is 1. The van der Waals surface area contributed by atoms with Gasteiger partial charge in [0.2, 0.25) is 0 Å². The maximum Gasteiger partial charge on any atom is 0.355 e. The lowest BCUT2D eigenvalue weighted by atomic mass is 10.4. The van der Waals surface area contributed by atoms with Crippen molar-refractivity contribution in [2.24, 2.45) is 7.05 Å². The third-order valence-corrected chi connectivity index (χ3v) is 2.52. The minimum Gasteiger partial charge on any atom is -0.476 e. The molecule has 14 heavy (non-hydrogen) atoms. The van der Waals surface area contributed by atoms with Crippen LogP contribution < -0.4 is 0 Å². The predicted octanol–water partition coefficient (Wildman–Crippen LogP) is 0.637. The Balaban J connectivity index is 2.43. The first kappa shape index (κ1) is 8.82. The minimum atomic E-state index is -1.03. The second-order valence-electron chi connectivity index (χ2n) is 2.59. The molecule has 0 radical (unpaired) electrons. The fourth-order valence-electron chi connectivity index (χ4n) is 0.973. The van der Waals surface area contributed by atoms with Crippen LogP contribution in [0.15, 0.2) is 11.6 Å². The molecule has 0 aliphatic heterocycles. The van der Waals surface area contributed by atoms with Gasteiger partial charge >= 0.3 is 5.97 Å². The van der Waals surface area contributed by atoms with Crippen LogP contribution in [0.4, 0.5) is 0 Å². The normalized spacial score (nSPS) is 10.4. The van der Waals surface area contributed by atoms with Gasteiger partial charge in [0.25, 0.3) is 0 Å². The molecule has 72 valence electrons. The molecule has 0 amide bonds. The quantitative estimate of drug-likeness (QED) is 0.786. The summed E-state index contributed by atoms with van der Waals surface area (Å²) in [6.07, 6.45) is 1.55. The highest BCUT2D eigenvalue weighted by atomic mass is 32.1. The fraction of sp³-hybridized carbons (Fsp3) is 0.143. The lowest BCUT2D eigenvalue weighted by Gasteiger charge is -1.92. The van der Waals surface area contributed by atoms with Crippen LogP contribution >= 0.6 is 11.3 Å². The number of nitrogens with zero attached hydrogens (tertiary/aromatic N) is 4. The first-order chi connectivity index (χ1) is 6.68. The molecular formula is C7H6N4O2S. The molecule has 2 aromatic rings. The number of rotatable bonds is 2. The van der Waals surface area contributed by atoms with E-state index in [4.69, 9.17) is 5.11 Å². The van der Waals surface area contributed by atoms with Crippen LogP contribution in [-0.4, -0.2) is 31.1 Å². The van der Waals surface area contributed by atoms with Gasteiger partial charge in [-0.2, -0.15) is 0 Å². The van der Waals surface area contributed by atoms with Crippen LogP contribution in [-0.2, 0) is 7.05 Å². The molecule has 2 rings (SSSR count). The van der Waals surface area contributed by atoms with Gasteiger partial charge in [-0.05, 0) is 0 Å². The van der Waals surface area contributed by atoms with E-state index >= 15 is 0 Å². The van der Waals surface area contributed by atoms with Crippen molar-refractivity contribution in [3.63, 3.8) is 0 Å². The second-order valence-corrected chi connectivity index (χ2v) is 3.44. The smallest absolute Gasteiger partial charge is 0.355 e. The highest BCUT2D eigenvalue weighted by molar-refractivity contribution is 7.13. The van der Waals surface area contributed by atoms with Gasteiger partial charge in [0.05, 0.1) is 6.20 Å². The zero-order valence-electron chi connectivity index (χ0n) is 7.21. The third kappa shape index (κ3) is 1.37. The van der Waals surface area contributed by atoms with Crippen molar-refractivity contribution in [3.05, 3.63) is 17.3 Å². The summed E-state index contributed by atoms with van der Waals surface area (Å²) in [5.74, 6) is -1.03. The first-order valence-corrected chi connectivity index (χ1v) is 4.60. The average Bonchev–Trinajstić information content (AvgIpc) is 2.71. The van der Waals surface area contributed by atoms with Crippen LogP contribution in [0, 0.1) is 0 Å². The lowest BCUT2D eigenvalue weighted by molar-refractivity contribution is 0.0691. The molecule has 0 fully saturated rings. The second kappa shape index (κ2) is 3.18. The summed E-state index contributed by atoms with van der Waals surface area (Å²) in [7, 11) is 1.73. The van der Waals surface area contributed by atoms with E-state index in [1.165, 1.54) is 16.7 Å². The first-order valence-electron chi connectivity index (χ1n) is 3.72. The summed E-state index contributed by atoms with van der Waals surface area (Å²) >= 11 is 1.26. The van der Waals surface area contributed by atoms with Crippen molar-refractivity contribution in [3.8, 4) is 10.7 Å². The summed E-state index contributed by atoms with van der Waals surface area (Å²) in [5, 5.41) is 18.2. The Morgan fingerprint density at radius 3 is 2.93 bits per heavy atom. The number of hydrogen-bond donors (Lipinski definition) is 1. The van der Waals surface area contributed by atoms with Crippen molar-refractivity contribution < 1.29 is 9.90 Å². The van der Waals surface area contributed by atoms with E-state index in [0.717, 1.165) is 0 Å². The van der Waals surface area contributed by atoms with Gasteiger partial charge < -0.3 is 5.11 Å². The van der Waals surface area contributed by atoms with Crippen molar-refractivity contribution in [1.29, 1.82) is 0 Å². The Morgan fingerprint density at radius 2 is 2.43 bits per heavy atom. The van der Waals surface area contributed by atoms with E-state index in [1.54, 1.807) is 17.9 Å². The van der Waals surface area contributed by atoms with E-state index in [0.29, 0.717) is 10.7 Å². The van der Waals surface area contributed by atoms with Gasteiger partial charge in [0.15, 0.2) is 5.69 Å². The van der Waals surface area contributed by atoms with Gasteiger partial charge in [-0.25, -0.2) is 14.5 Å². The molecule has 6 nitrogen and oxygen atoms in total. The van der Waals surface area contributed by atoms with Crippen molar-refractivity contribution in [2.75, 3.05) is 0 Å². The molecule has 0 aromatic carbocycles.